The van der Waals surface area contributed by atoms with Gasteiger partial charge >= 0.3 is 0 Å². The van der Waals surface area contributed by atoms with Gasteiger partial charge in [0, 0.05) is 36.6 Å². The molecule has 0 fully saturated rings. The van der Waals surface area contributed by atoms with E-state index in [1.54, 1.807) is 6.07 Å². The van der Waals surface area contributed by atoms with Crippen LogP contribution in [-0.2, 0) is 27.8 Å². The summed E-state index contributed by atoms with van der Waals surface area (Å²) in [7, 11) is -0.333. The van der Waals surface area contributed by atoms with Crippen LogP contribution in [-0.4, -0.2) is 53.0 Å². The smallest absolute Gasteiger partial charge is 0.232 e. The maximum atomic E-state index is 12.2. The number of ether oxygens (including phenoxy) is 1. The zero-order chi connectivity index (χ0) is 25.5. The minimum Gasteiger partial charge on any atom is -0.492 e. The molecule has 0 radical (unpaired) electrons. The molecule has 8 heteroatoms. The second-order valence-corrected chi connectivity index (χ2v) is 8.86. The van der Waals surface area contributed by atoms with Crippen molar-refractivity contribution in [2.75, 3.05) is 32.6 Å². The molecule has 3 aromatic carbocycles. The normalized spacial score (nSPS) is 10.9. The van der Waals surface area contributed by atoms with Gasteiger partial charge in [0.15, 0.2) is 0 Å². The van der Waals surface area contributed by atoms with E-state index < -0.39 is 10.8 Å². The van der Waals surface area contributed by atoms with Crippen molar-refractivity contribution in [1.29, 1.82) is 5.26 Å². The molecule has 0 aliphatic rings. The van der Waals surface area contributed by atoms with Gasteiger partial charge in [0.2, 0.25) is 5.91 Å². The quantitative estimate of drug-likeness (QED) is 0.377. The van der Waals surface area contributed by atoms with Crippen LogP contribution in [0.4, 0.5) is 0 Å². The Morgan fingerprint density at radius 2 is 1.69 bits per heavy atom. The van der Waals surface area contributed by atoms with Gasteiger partial charge in [0.05, 0.1) is 18.8 Å². The summed E-state index contributed by atoms with van der Waals surface area (Å²) in [6, 6.07) is 25.3. The van der Waals surface area contributed by atoms with E-state index in [1.165, 1.54) is 5.56 Å². The minimum absolute atomic E-state index is 0.0962. The Kier molecular flexibility index (Phi) is 12.2. The van der Waals surface area contributed by atoms with E-state index in [2.05, 4.69) is 11.4 Å². The second kappa shape index (κ2) is 15.4. The van der Waals surface area contributed by atoms with Gasteiger partial charge in [0.1, 0.15) is 17.6 Å². The van der Waals surface area contributed by atoms with Crippen molar-refractivity contribution < 1.29 is 24.0 Å². The van der Waals surface area contributed by atoms with E-state index >= 15 is 0 Å². The summed E-state index contributed by atoms with van der Waals surface area (Å²) in [5, 5.41) is 27.7. The summed E-state index contributed by atoms with van der Waals surface area (Å²) < 4.78 is 18.1. The summed E-state index contributed by atoms with van der Waals surface area (Å²) in [6.45, 7) is 0.487. The molecule has 1 amide bonds. The number of carbonyl (C=O) groups excluding carboxylic acids is 1. The number of nitriles is 1. The van der Waals surface area contributed by atoms with Crippen LogP contribution in [0.25, 0.3) is 11.1 Å². The predicted octanol–water partition coefficient (Wildman–Crippen LogP) is 2.81. The third kappa shape index (κ3) is 9.33. The van der Waals surface area contributed by atoms with Gasteiger partial charge in [-0.3, -0.25) is 9.00 Å². The van der Waals surface area contributed by atoms with Crippen molar-refractivity contribution >= 4 is 16.7 Å². The first-order chi connectivity index (χ1) is 17.1. The molecule has 0 saturated heterocycles. The molecule has 3 N–H and O–H groups in total. The van der Waals surface area contributed by atoms with Crippen LogP contribution in [0.15, 0.2) is 72.8 Å². The average Bonchev–Trinajstić information content (AvgIpc) is 2.89. The Bertz CT molecular complexity index is 1130. The largest absolute Gasteiger partial charge is 0.492 e. The van der Waals surface area contributed by atoms with Crippen LogP contribution in [0.3, 0.4) is 0 Å². The lowest BCUT2D eigenvalue weighted by atomic mass is 10.0. The van der Waals surface area contributed by atoms with Crippen molar-refractivity contribution in [1.82, 2.24) is 5.32 Å². The van der Waals surface area contributed by atoms with E-state index in [-0.39, 0.29) is 30.6 Å². The molecule has 0 heterocycles. The summed E-state index contributed by atoms with van der Waals surface area (Å²) in [5.41, 5.74) is 4.38. The zero-order valence-electron chi connectivity index (χ0n) is 19.6. The van der Waals surface area contributed by atoms with E-state index in [0.29, 0.717) is 17.9 Å². The topological polar surface area (TPSA) is 120 Å². The van der Waals surface area contributed by atoms with Crippen LogP contribution >= 0.6 is 0 Å². The average molecular weight is 495 g/mol. The number of rotatable bonds is 11. The third-order valence-corrected chi connectivity index (χ3v) is 6.17. The summed E-state index contributed by atoms with van der Waals surface area (Å²) in [5.74, 6) is 0.385. The molecule has 7 nitrogen and oxygen atoms in total. The van der Waals surface area contributed by atoms with Crippen molar-refractivity contribution in [2.24, 2.45) is 0 Å². The molecular weight excluding hydrogens is 464 g/mol. The lowest BCUT2D eigenvalue weighted by molar-refractivity contribution is -0.118. The van der Waals surface area contributed by atoms with Crippen molar-refractivity contribution in [3.63, 3.8) is 0 Å². The fourth-order valence-corrected chi connectivity index (χ4v) is 4.32. The molecule has 1 atom stereocenters. The maximum Gasteiger partial charge on any atom is 0.232 e. The standard InChI is InChI=1S/C26H26N2O4S.CH4O/c27-17-24-11-10-23(16-25(24)32-15-12-20-4-2-1-3-5-20)22-8-6-21(7-9-22)18-33(31)19-26(30)28-13-14-29;1-2/h1-11,16,29H,12-15,18-19H2,(H,28,30);2H,1H3. The van der Waals surface area contributed by atoms with Crippen LogP contribution in [0, 0.1) is 11.3 Å². The summed E-state index contributed by atoms with van der Waals surface area (Å²) >= 11 is 0. The molecule has 3 aromatic rings. The van der Waals surface area contributed by atoms with Crippen molar-refractivity contribution in [3.8, 4) is 22.9 Å². The van der Waals surface area contributed by atoms with Crippen LogP contribution in [0.5, 0.6) is 5.75 Å². The van der Waals surface area contributed by atoms with Crippen molar-refractivity contribution in [2.45, 2.75) is 12.2 Å². The monoisotopic (exact) mass is 494 g/mol. The number of nitrogens with one attached hydrogen (secondary N) is 1. The Morgan fingerprint density at radius 1 is 1.00 bits per heavy atom. The number of hydrogen-bond acceptors (Lipinski definition) is 6. The van der Waals surface area contributed by atoms with Crippen LogP contribution < -0.4 is 10.1 Å². The molecule has 0 aliphatic heterocycles. The molecular formula is C27H30N2O5S. The fourth-order valence-electron chi connectivity index (χ4n) is 3.26. The molecule has 184 valence electrons. The number of carbonyl (C=O) groups is 1. The molecule has 0 spiro atoms. The van der Waals surface area contributed by atoms with E-state index in [4.69, 9.17) is 14.9 Å². The predicted molar refractivity (Wildman–Crippen MR) is 137 cm³/mol. The number of benzene rings is 3. The lowest BCUT2D eigenvalue weighted by Crippen LogP contribution is -2.30. The Labute approximate surface area is 208 Å². The molecule has 0 saturated carbocycles. The maximum absolute atomic E-state index is 12.2. The van der Waals surface area contributed by atoms with E-state index in [9.17, 15) is 14.3 Å². The van der Waals surface area contributed by atoms with Gasteiger partial charge in [-0.1, -0.05) is 60.7 Å². The molecule has 0 aliphatic carbocycles. The molecule has 0 bridgehead atoms. The van der Waals surface area contributed by atoms with E-state index in [1.807, 2.05) is 66.7 Å². The summed E-state index contributed by atoms with van der Waals surface area (Å²) in [4.78, 5) is 11.6. The van der Waals surface area contributed by atoms with Gasteiger partial charge in [-0.25, -0.2) is 0 Å². The first-order valence-corrected chi connectivity index (χ1v) is 12.6. The highest BCUT2D eigenvalue weighted by Gasteiger charge is 2.10. The van der Waals surface area contributed by atoms with Gasteiger partial charge in [-0.2, -0.15) is 5.26 Å². The zero-order valence-corrected chi connectivity index (χ0v) is 20.5. The highest BCUT2D eigenvalue weighted by Crippen LogP contribution is 2.28. The van der Waals surface area contributed by atoms with Gasteiger partial charge in [0.25, 0.3) is 0 Å². The van der Waals surface area contributed by atoms with Gasteiger partial charge in [-0.15, -0.1) is 0 Å². The first kappa shape index (κ1) is 27.7. The molecule has 35 heavy (non-hydrogen) atoms. The number of amides is 1. The summed E-state index contributed by atoms with van der Waals surface area (Å²) in [6.07, 6.45) is 0.750. The molecule has 0 aromatic heterocycles. The lowest BCUT2D eigenvalue weighted by Gasteiger charge is -2.11. The van der Waals surface area contributed by atoms with E-state index in [0.717, 1.165) is 30.2 Å². The highest BCUT2D eigenvalue weighted by molar-refractivity contribution is 7.84. The minimum atomic E-state index is -1.33. The highest BCUT2D eigenvalue weighted by atomic mass is 32.2. The van der Waals surface area contributed by atoms with Crippen molar-refractivity contribution in [3.05, 3.63) is 89.5 Å². The molecule has 3 rings (SSSR count). The van der Waals surface area contributed by atoms with Crippen LogP contribution in [0.1, 0.15) is 16.7 Å². The second-order valence-electron chi connectivity index (χ2n) is 7.41. The first-order valence-electron chi connectivity index (χ1n) is 11.1. The Balaban J connectivity index is 0.00000210. The third-order valence-electron chi connectivity index (χ3n) is 4.93. The number of aliphatic hydroxyl groups is 2. The molecule has 1 unspecified atom stereocenters. The Morgan fingerprint density at radius 3 is 2.34 bits per heavy atom. The Hall–Kier alpha value is -3.51. The fraction of sp³-hybridized carbons (Fsp3) is 0.259. The van der Waals surface area contributed by atoms with Crippen LogP contribution in [0.2, 0.25) is 0 Å². The number of aliphatic hydroxyl groups excluding tert-OH is 2. The van der Waals surface area contributed by atoms with Gasteiger partial charge < -0.3 is 20.3 Å². The van der Waals surface area contributed by atoms with Gasteiger partial charge in [-0.05, 0) is 34.4 Å². The number of hydrogen-bond donors (Lipinski definition) is 3. The SMILES string of the molecule is CO.N#Cc1ccc(-c2ccc(CS(=O)CC(=O)NCCO)cc2)cc1OCCc1ccccc1. The number of nitrogens with zero attached hydrogens (tertiary/aromatic N) is 1.